The molecular formula is C9H14O. The molecule has 0 atom stereocenters. The fourth-order valence-corrected chi connectivity index (χ4v) is 0.460. The van der Waals surface area contributed by atoms with E-state index in [0.717, 1.165) is 6.42 Å². The molecule has 0 spiro atoms. The molecule has 0 aromatic heterocycles. The van der Waals surface area contributed by atoms with Crippen LogP contribution in [0, 0.1) is 0 Å². The minimum absolute atomic E-state index is 0.615. The minimum atomic E-state index is 0.615. The molecule has 0 unspecified atom stereocenters. The summed E-state index contributed by atoms with van der Waals surface area (Å²) in [5.41, 5.74) is 2.98. The molecule has 0 N–H and O–H groups in total. The number of hydrogen-bond acceptors (Lipinski definition) is 1. The van der Waals surface area contributed by atoms with E-state index in [1.54, 1.807) is 6.08 Å². The summed E-state index contributed by atoms with van der Waals surface area (Å²) in [7, 11) is 0. The predicted molar refractivity (Wildman–Crippen MR) is 44.0 cm³/mol. The molecule has 0 fully saturated rings. The Balaban J connectivity index is 3.17. The van der Waals surface area contributed by atoms with E-state index in [1.807, 2.05) is 12.2 Å². The first-order valence-electron chi connectivity index (χ1n) is 3.49. The lowest BCUT2D eigenvalue weighted by Crippen LogP contribution is -1.88. The van der Waals surface area contributed by atoms with Crippen molar-refractivity contribution in [1.82, 2.24) is 0 Å². The fourth-order valence-electron chi connectivity index (χ4n) is 0.460. The summed E-state index contributed by atoms with van der Waals surface area (Å²) in [5.74, 6) is 0. The zero-order valence-corrected chi connectivity index (χ0v) is 6.47. The summed E-state index contributed by atoms with van der Waals surface area (Å²) in [6.45, 7) is 6.85. The molecule has 0 aromatic rings. The van der Waals surface area contributed by atoms with Crippen LogP contribution in [-0.2, 0) is 4.74 Å². The van der Waals surface area contributed by atoms with Gasteiger partial charge in [-0.25, -0.2) is 0 Å². The molecule has 10 heavy (non-hydrogen) atoms. The Kier molecular flexibility index (Phi) is 7.58. The van der Waals surface area contributed by atoms with Gasteiger partial charge in [0.2, 0.25) is 0 Å². The Morgan fingerprint density at radius 1 is 1.40 bits per heavy atom. The number of ether oxygens (including phenoxy) is 1. The lowest BCUT2D eigenvalue weighted by Gasteiger charge is -1.90. The van der Waals surface area contributed by atoms with E-state index in [1.165, 1.54) is 0 Å². The zero-order valence-electron chi connectivity index (χ0n) is 6.47. The molecule has 0 aliphatic heterocycles. The third-order valence-electron chi connectivity index (χ3n) is 0.877. The van der Waals surface area contributed by atoms with Gasteiger partial charge in [0.05, 0.1) is 13.2 Å². The first kappa shape index (κ1) is 9.22. The van der Waals surface area contributed by atoms with Gasteiger partial charge in [0.1, 0.15) is 0 Å². The number of rotatable bonds is 5. The Morgan fingerprint density at radius 3 is 2.80 bits per heavy atom. The van der Waals surface area contributed by atoms with Gasteiger partial charge in [-0.05, 0) is 18.6 Å². The van der Waals surface area contributed by atoms with Crippen LogP contribution in [0.4, 0.5) is 0 Å². The maximum absolute atomic E-state index is 5.07. The van der Waals surface area contributed by atoms with E-state index in [0.29, 0.717) is 13.2 Å². The molecule has 0 aliphatic rings. The standard InChI is InChI=1S/C9H14O/c1-3-5-6-7-9-10-8-4-2/h4-5,7H,2-3,8-9H2,1H3. The Bertz CT molecular complexity index is 130. The predicted octanol–water partition coefficient (Wildman–Crippen LogP) is 2.31. The van der Waals surface area contributed by atoms with Gasteiger partial charge < -0.3 is 4.74 Å². The van der Waals surface area contributed by atoms with Crippen LogP contribution in [0.5, 0.6) is 0 Å². The molecule has 0 saturated heterocycles. The topological polar surface area (TPSA) is 9.23 Å². The minimum Gasteiger partial charge on any atom is -0.373 e. The van der Waals surface area contributed by atoms with Crippen molar-refractivity contribution >= 4 is 0 Å². The SMILES string of the molecule is C=CCOCC=C=CCC. The van der Waals surface area contributed by atoms with Gasteiger partial charge in [0, 0.05) is 0 Å². The second-order valence-electron chi connectivity index (χ2n) is 1.81. The van der Waals surface area contributed by atoms with Crippen LogP contribution in [0.25, 0.3) is 0 Å². The molecule has 0 aliphatic carbocycles. The van der Waals surface area contributed by atoms with Crippen LogP contribution >= 0.6 is 0 Å². The third-order valence-corrected chi connectivity index (χ3v) is 0.877. The van der Waals surface area contributed by atoms with Crippen molar-refractivity contribution in [2.24, 2.45) is 0 Å². The van der Waals surface area contributed by atoms with Crippen LogP contribution in [0.3, 0.4) is 0 Å². The summed E-state index contributed by atoms with van der Waals surface area (Å²) in [6.07, 6.45) is 6.60. The van der Waals surface area contributed by atoms with Crippen LogP contribution in [0.1, 0.15) is 13.3 Å². The van der Waals surface area contributed by atoms with Crippen molar-refractivity contribution in [2.75, 3.05) is 13.2 Å². The second kappa shape index (κ2) is 8.22. The molecule has 0 heterocycles. The zero-order chi connectivity index (χ0) is 7.66. The summed E-state index contributed by atoms with van der Waals surface area (Å²) >= 11 is 0. The maximum atomic E-state index is 5.07. The van der Waals surface area contributed by atoms with E-state index in [2.05, 4.69) is 19.2 Å². The monoisotopic (exact) mass is 138 g/mol. The van der Waals surface area contributed by atoms with E-state index in [9.17, 15) is 0 Å². The Hall–Kier alpha value is -0.780. The Labute approximate surface area is 62.7 Å². The lowest BCUT2D eigenvalue weighted by atomic mass is 10.4. The maximum Gasteiger partial charge on any atom is 0.0725 e. The van der Waals surface area contributed by atoms with Crippen LogP contribution in [-0.4, -0.2) is 13.2 Å². The average Bonchev–Trinajstić information content (AvgIpc) is 1.97. The van der Waals surface area contributed by atoms with Crippen molar-refractivity contribution < 1.29 is 4.74 Å². The molecule has 56 valence electrons. The molecule has 0 rings (SSSR count). The van der Waals surface area contributed by atoms with E-state index in [-0.39, 0.29) is 0 Å². The van der Waals surface area contributed by atoms with Gasteiger partial charge in [0.25, 0.3) is 0 Å². The molecule has 0 radical (unpaired) electrons. The lowest BCUT2D eigenvalue weighted by molar-refractivity contribution is 0.194. The largest absolute Gasteiger partial charge is 0.373 e. The number of hydrogen-bond donors (Lipinski definition) is 0. The summed E-state index contributed by atoms with van der Waals surface area (Å²) in [5, 5.41) is 0. The van der Waals surface area contributed by atoms with E-state index < -0.39 is 0 Å². The smallest absolute Gasteiger partial charge is 0.0725 e. The molecule has 0 amide bonds. The van der Waals surface area contributed by atoms with Gasteiger partial charge >= 0.3 is 0 Å². The highest BCUT2D eigenvalue weighted by molar-refractivity contribution is 4.83. The van der Waals surface area contributed by atoms with Gasteiger partial charge in [-0.2, -0.15) is 0 Å². The summed E-state index contributed by atoms with van der Waals surface area (Å²) in [4.78, 5) is 0. The first-order chi connectivity index (χ1) is 4.91. The van der Waals surface area contributed by atoms with Gasteiger partial charge in [-0.15, -0.1) is 12.3 Å². The summed E-state index contributed by atoms with van der Waals surface area (Å²) < 4.78 is 5.07. The molecule has 1 heteroatoms. The van der Waals surface area contributed by atoms with Crippen LogP contribution in [0.2, 0.25) is 0 Å². The average molecular weight is 138 g/mol. The molecule has 1 nitrogen and oxygen atoms in total. The summed E-state index contributed by atoms with van der Waals surface area (Å²) in [6, 6.07) is 0. The normalized spacial score (nSPS) is 8.10. The van der Waals surface area contributed by atoms with Crippen LogP contribution in [0.15, 0.2) is 30.5 Å². The molecule has 0 bridgehead atoms. The van der Waals surface area contributed by atoms with Crippen molar-refractivity contribution in [3.8, 4) is 0 Å². The third kappa shape index (κ3) is 7.22. The van der Waals surface area contributed by atoms with Gasteiger partial charge in [-0.3, -0.25) is 0 Å². The highest BCUT2D eigenvalue weighted by Gasteiger charge is 1.73. The quantitative estimate of drug-likeness (QED) is 0.322. The second-order valence-corrected chi connectivity index (χ2v) is 1.81. The van der Waals surface area contributed by atoms with Gasteiger partial charge in [0.15, 0.2) is 0 Å². The van der Waals surface area contributed by atoms with Crippen molar-refractivity contribution in [2.45, 2.75) is 13.3 Å². The van der Waals surface area contributed by atoms with E-state index in [4.69, 9.17) is 4.74 Å². The highest BCUT2D eigenvalue weighted by atomic mass is 16.5. The van der Waals surface area contributed by atoms with Crippen molar-refractivity contribution in [3.63, 3.8) is 0 Å². The molecule has 0 aromatic carbocycles. The molecule has 0 saturated carbocycles. The molecular weight excluding hydrogens is 124 g/mol. The van der Waals surface area contributed by atoms with Crippen LogP contribution < -0.4 is 0 Å². The highest BCUT2D eigenvalue weighted by Crippen LogP contribution is 1.78. The van der Waals surface area contributed by atoms with Crippen molar-refractivity contribution in [3.05, 3.63) is 30.5 Å². The van der Waals surface area contributed by atoms with Gasteiger partial charge in [-0.1, -0.05) is 13.0 Å². The van der Waals surface area contributed by atoms with Crippen molar-refractivity contribution in [1.29, 1.82) is 0 Å². The van der Waals surface area contributed by atoms with E-state index >= 15 is 0 Å². The fraction of sp³-hybridized carbons (Fsp3) is 0.444. The first-order valence-corrected chi connectivity index (χ1v) is 3.49. The Morgan fingerprint density at radius 2 is 2.20 bits per heavy atom.